The van der Waals surface area contributed by atoms with E-state index in [-0.39, 0.29) is 0 Å². The molecule has 0 aliphatic heterocycles. The average Bonchev–Trinajstić information content (AvgIpc) is 1.91. The summed E-state index contributed by atoms with van der Waals surface area (Å²) >= 11 is 0.757. The number of aryl methyl sites for hydroxylation is 1. The van der Waals surface area contributed by atoms with E-state index in [9.17, 15) is 0 Å². The molecule has 61 valence electrons. The Kier molecular flexibility index (Phi) is 7.54. The summed E-state index contributed by atoms with van der Waals surface area (Å²) in [7, 11) is 9.34. The molecule has 0 spiro atoms. The van der Waals surface area contributed by atoms with Gasteiger partial charge < -0.3 is 0 Å². The van der Waals surface area contributed by atoms with Crippen LogP contribution in [0, 0.1) is 6.92 Å². The Labute approximate surface area is 75.4 Å². The third-order valence-corrected chi connectivity index (χ3v) is 0.813. The first-order chi connectivity index (χ1) is 4.81. The summed E-state index contributed by atoms with van der Waals surface area (Å²) in [6, 6.07) is 5.86. The Morgan fingerprint density at radius 1 is 1.40 bits per heavy atom. The molecule has 0 radical (unpaired) electrons. The first-order valence-corrected chi connectivity index (χ1v) is 5.09. The number of hydrogen-bond acceptors (Lipinski definition) is 1. The zero-order valence-electron chi connectivity index (χ0n) is 5.31. The van der Waals surface area contributed by atoms with E-state index in [1.807, 2.05) is 25.1 Å². The molecule has 0 amide bonds. The molecule has 1 rings (SSSR count). The SMILES string of the molecule is Cc1ccccn1.[Cl][Cu][Cl]. The molecule has 1 aromatic heterocycles. The molecular weight excluding hydrogens is 221 g/mol. The Balaban J connectivity index is 0.000000236. The van der Waals surface area contributed by atoms with Crippen molar-refractivity contribution in [2.45, 2.75) is 6.92 Å². The molecular formula is C6H7Cl2CuN. The second-order valence-corrected chi connectivity index (χ2v) is 3.07. The van der Waals surface area contributed by atoms with Gasteiger partial charge in [0.15, 0.2) is 0 Å². The van der Waals surface area contributed by atoms with Crippen LogP contribution in [-0.4, -0.2) is 4.98 Å². The fourth-order valence-electron chi connectivity index (χ4n) is 0.448. The maximum absolute atomic E-state index is 4.67. The topological polar surface area (TPSA) is 12.9 Å². The second kappa shape index (κ2) is 7.36. The molecule has 0 atom stereocenters. The monoisotopic (exact) mass is 226 g/mol. The number of halogens is 2. The van der Waals surface area contributed by atoms with Crippen LogP contribution in [0.5, 0.6) is 0 Å². The van der Waals surface area contributed by atoms with Crippen molar-refractivity contribution in [1.82, 2.24) is 4.98 Å². The normalized spacial score (nSPS) is 8.30. The van der Waals surface area contributed by atoms with Crippen LogP contribution in [0.4, 0.5) is 0 Å². The van der Waals surface area contributed by atoms with Gasteiger partial charge in [0.05, 0.1) is 0 Å². The van der Waals surface area contributed by atoms with Gasteiger partial charge in [0.2, 0.25) is 0 Å². The van der Waals surface area contributed by atoms with Gasteiger partial charge in [0.25, 0.3) is 0 Å². The van der Waals surface area contributed by atoms with Crippen LogP contribution in [-0.2, 0) is 13.1 Å². The van der Waals surface area contributed by atoms with Crippen LogP contribution >= 0.6 is 20.2 Å². The Morgan fingerprint density at radius 3 is 2.20 bits per heavy atom. The van der Waals surface area contributed by atoms with E-state index in [2.05, 4.69) is 25.2 Å². The van der Waals surface area contributed by atoms with E-state index in [1.165, 1.54) is 0 Å². The summed E-state index contributed by atoms with van der Waals surface area (Å²) in [5.74, 6) is 0. The summed E-state index contributed by atoms with van der Waals surface area (Å²) < 4.78 is 0. The Bertz CT molecular complexity index is 157. The fourth-order valence-corrected chi connectivity index (χ4v) is 0.448. The van der Waals surface area contributed by atoms with E-state index in [0.29, 0.717) is 0 Å². The predicted octanol–water partition coefficient (Wildman–Crippen LogP) is 2.77. The minimum atomic E-state index is 0.757. The van der Waals surface area contributed by atoms with Gasteiger partial charge in [-0.3, -0.25) is 4.98 Å². The number of rotatable bonds is 0. The molecule has 0 aromatic carbocycles. The zero-order chi connectivity index (χ0) is 7.82. The first-order valence-electron chi connectivity index (χ1n) is 2.50. The standard InChI is InChI=1S/C6H7N.2ClH.Cu/c1-6-4-2-3-5-7-6;;;/h2-5H,1H3;2*1H;/q;;;+2/p-2. The van der Waals surface area contributed by atoms with Gasteiger partial charge in [-0.25, -0.2) is 0 Å². The van der Waals surface area contributed by atoms with Gasteiger partial charge in [-0.2, -0.15) is 0 Å². The molecule has 0 saturated heterocycles. The molecule has 1 aromatic rings. The Hall–Kier alpha value is 0.249. The van der Waals surface area contributed by atoms with E-state index >= 15 is 0 Å². The van der Waals surface area contributed by atoms with Gasteiger partial charge in [-0.1, -0.05) is 6.07 Å². The van der Waals surface area contributed by atoms with Crippen LogP contribution < -0.4 is 0 Å². The predicted molar refractivity (Wildman–Crippen MR) is 40.7 cm³/mol. The van der Waals surface area contributed by atoms with Crippen molar-refractivity contribution in [3.05, 3.63) is 30.1 Å². The van der Waals surface area contributed by atoms with E-state index in [0.717, 1.165) is 18.8 Å². The van der Waals surface area contributed by atoms with E-state index in [1.54, 1.807) is 6.20 Å². The van der Waals surface area contributed by atoms with Crippen molar-refractivity contribution < 1.29 is 13.1 Å². The minimum absolute atomic E-state index is 0.757. The van der Waals surface area contributed by atoms with Crippen molar-refractivity contribution in [2.24, 2.45) is 0 Å². The molecule has 0 aliphatic rings. The molecule has 0 fully saturated rings. The van der Waals surface area contributed by atoms with Crippen LogP contribution in [0.2, 0.25) is 0 Å². The van der Waals surface area contributed by atoms with Crippen LogP contribution in [0.1, 0.15) is 5.69 Å². The Morgan fingerprint density at radius 2 is 2.00 bits per heavy atom. The molecule has 0 saturated carbocycles. The van der Waals surface area contributed by atoms with E-state index < -0.39 is 0 Å². The van der Waals surface area contributed by atoms with Crippen molar-refractivity contribution in [3.63, 3.8) is 0 Å². The quantitative estimate of drug-likeness (QED) is 0.621. The molecule has 0 bridgehead atoms. The molecule has 1 nitrogen and oxygen atoms in total. The number of pyridine rings is 1. The third kappa shape index (κ3) is 6.37. The molecule has 0 aliphatic carbocycles. The second-order valence-electron chi connectivity index (χ2n) is 1.51. The molecule has 10 heavy (non-hydrogen) atoms. The van der Waals surface area contributed by atoms with Gasteiger partial charge in [0.1, 0.15) is 0 Å². The summed E-state index contributed by atoms with van der Waals surface area (Å²) in [6.45, 7) is 1.97. The number of nitrogens with zero attached hydrogens (tertiary/aromatic N) is 1. The molecule has 0 unspecified atom stereocenters. The maximum atomic E-state index is 4.67. The fraction of sp³-hybridized carbons (Fsp3) is 0.167. The third-order valence-electron chi connectivity index (χ3n) is 0.813. The zero-order valence-corrected chi connectivity index (χ0v) is 7.77. The van der Waals surface area contributed by atoms with Crippen molar-refractivity contribution in [3.8, 4) is 0 Å². The van der Waals surface area contributed by atoms with Crippen molar-refractivity contribution in [2.75, 3.05) is 0 Å². The number of hydrogen-bond donors (Lipinski definition) is 0. The average molecular weight is 228 g/mol. The van der Waals surface area contributed by atoms with Crippen LogP contribution in [0.15, 0.2) is 24.4 Å². The summed E-state index contributed by atoms with van der Waals surface area (Å²) in [5, 5.41) is 0. The van der Waals surface area contributed by atoms with Crippen molar-refractivity contribution >= 4 is 20.2 Å². The van der Waals surface area contributed by atoms with Crippen LogP contribution in [0.25, 0.3) is 0 Å². The van der Waals surface area contributed by atoms with Crippen molar-refractivity contribution in [1.29, 1.82) is 0 Å². The van der Waals surface area contributed by atoms with Gasteiger partial charge >= 0.3 is 33.3 Å². The molecule has 1 heterocycles. The van der Waals surface area contributed by atoms with Gasteiger partial charge in [-0.05, 0) is 19.1 Å². The van der Waals surface area contributed by atoms with E-state index in [4.69, 9.17) is 0 Å². The summed E-state index contributed by atoms with van der Waals surface area (Å²) in [4.78, 5) is 3.98. The molecule has 0 N–H and O–H groups in total. The molecule has 4 heteroatoms. The first kappa shape index (κ1) is 10.2. The number of aromatic nitrogens is 1. The summed E-state index contributed by atoms with van der Waals surface area (Å²) in [5.41, 5.74) is 1.07. The summed E-state index contributed by atoms with van der Waals surface area (Å²) in [6.07, 6.45) is 1.79. The van der Waals surface area contributed by atoms with Crippen LogP contribution in [0.3, 0.4) is 0 Å². The van der Waals surface area contributed by atoms with Gasteiger partial charge in [-0.15, -0.1) is 0 Å². The van der Waals surface area contributed by atoms with Gasteiger partial charge in [0, 0.05) is 11.9 Å².